The quantitative estimate of drug-likeness (QED) is 0.296. The number of carbonyl (C=O) groups excluding carboxylic acids is 1. The molecule has 0 spiro atoms. The van der Waals surface area contributed by atoms with E-state index in [-0.39, 0.29) is 17.9 Å². The van der Waals surface area contributed by atoms with Crippen molar-refractivity contribution in [3.05, 3.63) is 40.4 Å². The van der Waals surface area contributed by atoms with Crippen LogP contribution in [0.15, 0.2) is 24.3 Å². The average molecular weight is 601 g/mol. The minimum atomic E-state index is -0.0264. The molecular weight excluding hydrogens is 569 g/mol. The largest absolute Gasteiger partial charge is 0.345 e. The van der Waals surface area contributed by atoms with Crippen molar-refractivity contribution in [1.29, 1.82) is 10.5 Å². The molecular formula is C29H32N10OS2. The third-order valence-electron chi connectivity index (χ3n) is 8.08. The smallest absolute Gasteiger partial charge is 0.236 e. The second-order valence-electron chi connectivity index (χ2n) is 11.0. The van der Waals surface area contributed by atoms with Gasteiger partial charge in [-0.2, -0.15) is 15.0 Å². The topological polar surface area (TPSA) is 121 Å². The number of thiazole rings is 1. The first kappa shape index (κ1) is 28.1. The molecule has 2 fully saturated rings. The van der Waals surface area contributed by atoms with E-state index in [4.69, 9.17) is 20.3 Å². The van der Waals surface area contributed by atoms with Gasteiger partial charge in [0.25, 0.3) is 0 Å². The molecule has 5 heterocycles. The molecule has 216 valence electrons. The molecule has 11 nitrogen and oxygen atoms in total. The predicted octanol–water partition coefficient (Wildman–Crippen LogP) is 3.92. The molecule has 0 bridgehead atoms. The Hall–Kier alpha value is -4.04. The first-order valence-corrected chi connectivity index (χ1v) is 15.7. The van der Waals surface area contributed by atoms with E-state index in [0.717, 1.165) is 58.7 Å². The van der Waals surface area contributed by atoms with Crippen molar-refractivity contribution in [2.45, 2.75) is 32.7 Å². The molecule has 0 radical (unpaired) electrons. The van der Waals surface area contributed by atoms with Crippen LogP contribution in [0.3, 0.4) is 0 Å². The molecule has 4 aromatic rings. The van der Waals surface area contributed by atoms with E-state index in [1.807, 2.05) is 54.7 Å². The van der Waals surface area contributed by atoms with Crippen molar-refractivity contribution in [3.8, 4) is 23.4 Å². The third-order valence-corrected chi connectivity index (χ3v) is 10.1. The number of aryl methyl sites for hydroxylation is 2. The minimum Gasteiger partial charge on any atom is -0.345 e. The van der Waals surface area contributed by atoms with Gasteiger partial charge in [0.05, 0.1) is 24.2 Å². The van der Waals surface area contributed by atoms with Gasteiger partial charge in [-0.15, -0.1) is 5.10 Å². The SMILES string of the molecule is CCc1nc2sc(N3CC[C@@H](N(C)CC(=O)N4CC(C#N)C4)C3)nn2c1N(C)c1nc(-c2ccc(C)cc2)c(C#N)s1. The first-order valence-electron chi connectivity index (χ1n) is 14.0. The molecule has 1 atom stereocenters. The molecule has 0 aliphatic carbocycles. The van der Waals surface area contributed by atoms with Crippen molar-refractivity contribution < 1.29 is 4.79 Å². The summed E-state index contributed by atoms with van der Waals surface area (Å²) in [5, 5.41) is 25.5. The summed E-state index contributed by atoms with van der Waals surface area (Å²) >= 11 is 2.93. The van der Waals surface area contributed by atoms with Crippen LogP contribution in [0.1, 0.15) is 29.5 Å². The summed E-state index contributed by atoms with van der Waals surface area (Å²) in [6.45, 7) is 7.19. The molecule has 0 N–H and O–H groups in total. The number of carbonyl (C=O) groups is 1. The van der Waals surface area contributed by atoms with Crippen LogP contribution in [-0.2, 0) is 11.2 Å². The van der Waals surface area contributed by atoms with Gasteiger partial charge >= 0.3 is 0 Å². The highest BCUT2D eigenvalue weighted by Gasteiger charge is 2.34. The van der Waals surface area contributed by atoms with Crippen molar-refractivity contribution in [2.24, 2.45) is 5.92 Å². The van der Waals surface area contributed by atoms with Crippen LogP contribution in [0.5, 0.6) is 0 Å². The summed E-state index contributed by atoms with van der Waals surface area (Å²) in [5.74, 6) is 0.913. The Morgan fingerprint density at radius 3 is 2.57 bits per heavy atom. The zero-order valence-electron chi connectivity index (χ0n) is 24.1. The molecule has 0 saturated carbocycles. The van der Waals surface area contributed by atoms with Gasteiger partial charge in [-0.05, 0) is 26.8 Å². The lowest BCUT2D eigenvalue weighted by Crippen LogP contribution is -2.53. The zero-order chi connectivity index (χ0) is 29.5. The van der Waals surface area contributed by atoms with Crippen molar-refractivity contribution in [2.75, 3.05) is 56.6 Å². The fourth-order valence-corrected chi connectivity index (χ4v) is 7.28. The van der Waals surface area contributed by atoms with Crippen LogP contribution >= 0.6 is 22.7 Å². The van der Waals surface area contributed by atoms with Crippen LogP contribution in [0.2, 0.25) is 0 Å². The monoisotopic (exact) mass is 600 g/mol. The molecule has 1 aromatic carbocycles. The number of fused-ring (bicyclic) bond motifs is 1. The normalized spacial score (nSPS) is 17.1. The van der Waals surface area contributed by atoms with Gasteiger partial charge in [0, 0.05) is 44.8 Å². The number of hydrogen-bond donors (Lipinski definition) is 0. The number of aromatic nitrogens is 4. The van der Waals surface area contributed by atoms with Crippen LogP contribution in [-0.4, -0.2) is 88.2 Å². The maximum Gasteiger partial charge on any atom is 0.236 e. The highest BCUT2D eigenvalue weighted by atomic mass is 32.1. The van der Waals surface area contributed by atoms with E-state index < -0.39 is 0 Å². The Bertz CT molecular complexity index is 1700. The number of benzene rings is 1. The van der Waals surface area contributed by atoms with Crippen molar-refractivity contribution >= 4 is 49.6 Å². The van der Waals surface area contributed by atoms with Crippen LogP contribution in [0.25, 0.3) is 16.2 Å². The molecule has 13 heteroatoms. The van der Waals surface area contributed by atoms with Gasteiger partial charge in [0.2, 0.25) is 16.0 Å². The lowest BCUT2D eigenvalue weighted by atomic mass is 10.0. The predicted molar refractivity (Wildman–Crippen MR) is 164 cm³/mol. The second-order valence-corrected chi connectivity index (χ2v) is 12.9. The second kappa shape index (κ2) is 11.3. The highest BCUT2D eigenvalue weighted by Crippen LogP contribution is 2.38. The van der Waals surface area contributed by atoms with Gasteiger partial charge < -0.3 is 14.7 Å². The van der Waals surface area contributed by atoms with Crippen LogP contribution in [0, 0.1) is 35.5 Å². The number of likely N-dealkylation sites (tertiary alicyclic amines) is 1. The summed E-state index contributed by atoms with van der Waals surface area (Å²) in [6.07, 6.45) is 1.68. The molecule has 2 saturated heterocycles. The Morgan fingerprint density at radius 1 is 1.12 bits per heavy atom. The number of amides is 1. The van der Waals surface area contributed by atoms with Gasteiger partial charge in [-0.3, -0.25) is 9.69 Å². The van der Waals surface area contributed by atoms with E-state index in [2.05, 4.69) is 28.9 Å². The number of hydrogen-bond acceptors (Lipinski definition) is 11. The highest BCUT2D eigenvalue weighted by molar-refractivity contribution is 7.20. The number of imidazole rings is 1. The molecule has 2 aliphatic heterocycles. The van der Waals surface area contributed by atoms with Gasteiger partial charge in [0.1, 0.15) is 16.6 Å². The molecule has 1 amide bonds. The lowest BCUT2D eigenvalue weighted by molar-refractivity contribution is -0.137. The van der Waals surface area contributed by atoms with Crippen molar-refractivity contribution in [3.63, 3.8) is 0 Å². The minimum absolute atomic E-state index is 0.0264. The zero-order valence-corrected chi connectivity index (χ0v) is 25.7. The van der Waals surface area contributed by atoms with Crippen LogP contribution in [0.4, 0.5) is 16.1 Å². The molecule has 3 aromatic heterocycles. The fourth-order valence-electron chi connectivity index (χ4n) is 5.48. The summed E-state index contributed by atoms with van der Waals surface area (Å²) in [4.78, 5) is 31.9. The number of nitriles is 2. The van der Waals surface area contributed by atoms with E-state index in [1.54, 1.807) is 16.2 Å². The Morgan fingerprint density at radius 2 is 1.88 bits per heavy atom. The molecule has 2 aliphatic rings. The third kappa shape index (κ3) is 5.09. The Kier molecular flexibility index (Phi) is 7.58. The summed E-state index contributed by atoms with van der Waals surface area (Å²) < 4.78 is 1.90. The average Bonchev–Trinajstić information content (AvgIpc) is 3.74. The van der Waals surface area contributed by atoms with Gasteiger partial charge in [-0.25, -0.2) is 9.97 Å². The lowest BCUT2D eigenvalue weighted by Gasteiger charge is -2.37. The van der Waals surface area contributed by atoms with E-state index in [0.29, 0.717) is 35.3 Å². The summed E-state index contributed by atoms with van der Waals surface area (Å²) in [5.41, 5.74) is 3.69. The number of likely N-dealkylation sites (N-methyl/N-ethyl adjacent to an activating group) is 1. The molecule has 0 unspecified atom stereocenters. The maximum atomic E-state index is 12.6. The van der Waals surface area contributed by atoms with E-state index in [1.165, 1.54) is 11.3 Å². The summed E-state index contributed by atoms with van der Waals surface area (Å²) in [6, 6.07) is 12.9. The number of rotatable bonds is 8. The van der Waals surface area contributed by atoms with Crippen LogP contribution < -0.4 is 9.80 Å². The van der Waals surface area contributed by atoms with Crippen molar-refractivity contribution in [1.82, 2.24) is 29.4 Å². The fraction of sp³-hybridized carbons (Fsp3) is 0.448. The number of anilines is 3. The maximum absolute atomic E-state index is 12.6. The standard InChI is InChI=1S/C29H32N10OS2/c1-5-22-26(36(4)27-33-25(23(13-31)41-27)20-8-6-18(2)7-9-20)39-28(32-22)42-29(34-39)37-11-10-21(16-37)35(3)17-24(40)38-14-19(12-30)15-38/h6-9,19,21H,5,10-11,14-17H2,1-4H3/t21-/m1/s1. The van der Waals surface area contributed by atoms with E-state index >= 15 is 0 Å². The molecule has 42 heavy (non-hydrogen) atoms. The Balaban J connectivity index is 1.20. The first-order chi connectivity index (χ1) is 20.3. The van der Waals surface area contributed by atoms with Gasteiger partial charge in [0.15, 0.2) is 10.9 Å². The van der Waals surface area contributed by atoms with Gasteiger partial charge in [-0.1, -0.05) is 59.4 Å². The summed E-state index contributed by atoms with van der Waals surface area (Å²) in [7, 11) is 3.95. The Labute approximate surface area is 252 Å². The van der Waals surface area contributed by atoms with E-state index in [9.17, 15) is 10.1 Å². The molecule has 6 rings (SSSR count). The number of nitrogens with zero attached hydrogens (tertiary/aromatic N) is 10.